The maximum Gasteiger partial charge on any atom is 0.180 e. The van der Waals surface area contributed by atoms with Gasteiger partial charge in [0, 0.05) is 10.6 Å². The van der Waals surface area contributed by atoms with Crippen molar-refractivity contribution in [2.24, 2.45) is 5.73 Å². The molecule has 2 N–H and O–H groups in total. The Morgan fingerprint density at radius 1 is 1.38 bits per heavy atom. The van der Waals surface area contributed by atoms with Gasteiger partial charge in [0.1, 0.15) is 0 Å². The molecule has 0 radical (unpaired) electrons. The Hall–Kier alpha value is -0.580. The fourth-order valence-electron chi connectivity index (χ4n) is 1.38. The van der Waals surface area contributed by atoms with Crippen molar-refractivity contribution >= 4 is 21.4 Å². The molecule has 16 heavy (non-hydrogen) atoms. The summed E-state index contributed by atoms with van der Waals surface area (Å²) in [5.74, 6) is -0.0823. The molecule has 1 rings (SSSR count). The molecule has 0 spiro atoms. The predicted molar refractivity (Wildman–Crippen MR) is 66.5 cm³/mol. The van der Waals surface area contributed by atoms with Crippen LogP contribution in [0, 0.1) is 6.92 Å². The summed E-state index contributed by atoms with van der Waals surface area (Å²) >= 11 is 5.84. The van der Waals surface area contributed by atoms with E-state index in [0.29, 0.717) is 5.02 Å². The third-order valence-electron chi connectivity index (χ3n) is 2.05. The first kappa shape index (κ1) is 13.5. The van der Waals surface area contributed by atoms with Gasteiger partial charge in [-0.3, -0.25) is 0 Å². The first-order valence-corrected chi connectivity index (χ1v) is 6.93. The number of halogens is 1. The molecule has 0 aliphatic rings. The molecule has 0 aliphatic heterocycles. The lowest BCUT2D eigenvalue weighted by molar-refractivity contribution is 0.544. The molecular formula is C11H16ClNO2S. The van der Waals surface area contributed by atoms with Gasteiger partial charge in [0.15, 0.2) is 9.84 Å². The number of rotatable bonds is 3. The Balaban J connectivity index is 3.13. The number of sulfone groups is 1. The molecule has 0 heterocycles. The topological polar surface area (TPSA) is 60.2 Å². The third kappa shape index (κ3) is 3.47. The molecule has 0 bridgehead atoms. The van der Waals surface area contributed by atoms with Crippen LogP contribution < -0.4 is 5.73 Å². The predicted octanol–water partition coefficient (Wildman–Crippen LogP) is 2.16. The fourth-order valence-corrected chi connectivity index (χ4v) is 3.28. The fraction of sp³-hybridized carbons (Fsp3) is 0.455. The van der Waals surface area contributed by atoms with E-state index in [0.717, 1.165) is 5.56 Å². The average molecular weight is 262 g/mol. The summed E-state index contributed by atoms with van der Waals surface area (Å²) < 4.78 is 24.0. The van der Waals surface area contributed by atoms with E-state index in [9.17, 15) is 8.42 Å². The van der Waals surface area contributed by atoms with Crippen LogP contribution in [0.1, 0.15) is 19.4 Å². The first-order valence-electron chi connectivity index (χ1n) is 4.90. The Labute approximate surface area is 102 Å². The maximum atomic E-state index is 12.0. The van der Waals surface area contributed by atoms with E-state index >= 15 is 0 Å². The normalized spacial score (nSPS) is 12.8. The number of hydrogen-bond donors (Lipinski definition) is 1. The Morgan fingerprint density at radius 3 is 2.38 bits per heavy atom. The lowest BCUT2D eigenvalue weighted by Crippen LogP contribution is -2.39. The van der Waals surface area contributed by atoms with Crippen LogP contribution in [-0.2, 0) is 9.84 Å². The number of benzene rings is 1. The van der Waals surface area contributed by atoms with Gasteiger partial charge in [-0.1, -0.05) is 11.6 Å². The van der Waals surface area contributed by atoms with Crippen molar-refractivity contribution in [1.29, 1.82) is 0 Å². The Morgan fingerprint density at radius 2 is 1.94 bits per heavy atom. The highest BCUT2D eigenvalue weighted by atomic mass is 35.5. The molecule has 1 aromatic rings. The third-order valence-corrected chi connectivity index (χ3v) is 4.57. The van der Waals surface area contributed by atoms with Gasteiger partial charge in [-0.15, -0.1) is 0 Å². The molecule has 0 unspecified atom stereocenters. The highest BCUT2D eigenvalue weighted by Crippen LogP contribution is 2.21. The van der Waals surface area contributed by atoms with Crippen LogP contribution in [0.2, 0.25) is 5.02 Å². The SMILES string of the molecule is Cc1cc(S(=O)(=O)CC(C)(C)N)ccc1Cl. The van der Waals surface area contributed by atoms with Crippen molar-refractivity contribution in [2.75, 3.05) is 5.75 Å². The van der Waals surface area contributed by atoms with E-state index in [-0.39, 0.29) is 10.6 Å². The van der Waals surface area contributed by atoms with Gasteiger partial charge < -0.3 is 5.73 Å². The molecular weight excluding hydrogens is 246 g/mol. The van der Waals surface area contributed by atoms with Crippen molar-refractivity contribution in [3.63, 3.8) is 0 Å². The van der Waals surface area contributed by atoms with Gasteiger partial charge in [-0.2, -0.15) is 0 Å². The average Bonchev–Trinajstić information content (AvgIpc) is 2.05. The van der Waals surface area contributed by atoms with Gasteiger partial charge >= 0.3 is 0 Å². The van der Waals surface area contributed by atoms with Crippen LogP contribution in [-0.4, -0.2) is 19.7 Å². The van der Waals surface area contributed by atoms with Gasteiger partial charge in [0.25, 0.3) is 0 Å². The molecule has 0 atom stereocenters. The smallest absolute Gasteiger partial charge is 0.180 e. The molecule has 1 aromatic carbocycles. The van der Waals surface area contributed by atoms with Crippen LogP contribution in [0.5, 0.6) is 0 Å². The van der Waals surface area contributed by atoms with Crippen LogP contribution in [0.3, 0.4) is 0 Å². The summed E-state index contributed by atoms with van der Waals surface area (Å²) in [5, 5.41) is 0.561. The zero-order valence-electron chi connectivity index (χ0n) is 9.62. The molecule has 90 valence electrons. The van der Waals surface area contributed by atoms with Crippen LogP contribution in [0.15, 0.2) is 23.1 Å². The van der Waals surface area contributed by atoms with Crippen LogP contribution >= 0.6 is 11.6 Å². The standard InChI is InChI=1S/C11H16ClNO2S/c1-8-6-9(4-5-10(8)12)16(14,15)7-11(2,3)13/h4-6H,7,13H2,1-3H3. The lowest BCUT2D eigenvalue weighted by atomic mass is 10.1. The summed E-state index contributed by atoms with van der Waals surface area (Å²) in [7, 11) is -3.34. The highest BCUT2D eigenvalue weighted by molar-refractivity contribution is 7.91. The molecule has 0 aliphatic carbocycles. The summed E-state index contributed by atoms with van der Waals surface area (Å²) in [6.45, 7) is 5.15. The van der Waals surface area contributed by atoms with Crippen molar-refractivity contribution in [1.82, 2.24) is 0 Å². The van der Waals surface area contributed by atoms with Crippen molar-refractivity contribution in [3.8, 4) is 0 Å². The molecule has 0 saturated carbocycles. The first-order chi connectivity index (χ1) is 7.12. The molecule has 5 heteroatoms. The van der Waals surface area contributed by atoms with Gasteiger partial charge in [-0.05, 0) is 44.5 Å². The van der Waals surface area contributed by atoms with Crippen LogP contribution in [0.25, 0.3) is 0 Å². The van der Waals surface area contributed by atoms with Crippen molar-refractivity contribution in [3.05, 3.63) is 28.8 Å². The second-order valence-corrected chi connectivity index (χ2v) is 7.06. The van der Waals surface area contributed by atoms with E-state index in [2.05, 4.69) is 0 Å². The van der Waals surface area contributed by atoms with E-state index in [1.54, 1.807) is 32.9 Å². The largest absolute Gasteiger partial charge is 0.325 e. The summed E-state index contributed by atoms with van der Waals surface area (Å²) in [6, 6.07) is 4.67. The van der Waals surface area contributed by atoms with Gasteiger partial charge in [0.05, 0.1) is 10.6 Å². The number of nitrogens with two attached hydrogens (primary N) is 1. The monoisotopic (exact) mass is 261 g/mol. The molecule has 0 amide bonds. The molecule has 0 saturated heterocycles. The summed E-state index contributed by atoms with van der Waals surface area (Å²) in [5.41, 5.74) is 5.73. The summed E-state index contributed by atoms with van der Waals surface area (Å²) in [4.78, 5) is 0.271. The van der Waals surface area contributed by atoms with Gasteiger partial charge in [-0.25, -0.2) is 8.42 Å². The molecule has 0 aromatic heterocycles. The van der Waals surface area contributed by atoms with Gasteiger partial charge in [0.2, 0.25) is 0 Å². The van der Waals surface area contributed by atoms with Crippen molar-refractivity contribution < 1.29 is 8.42 Å². The van der Waals surface area contributed by atoms with Crippen molar-refractivity contribution in [2.45, 2.75) is 31.2 Å². The second-order valence-electron chi connectivity index (χ2n) is 4.66. The number of aryl methyl sites for hydroxylation is 1. The Bertz CT molecular complexity index is 489. The quantitative estimate of drug-likeness (QED) is 0.907. The van der Waals surface area contributed by atoms with E-state index in [1.165, 1.54) is 6.07 Å². The number of hydrogen-bond acceptors (Lipinski definition) is 3. The van der Waals surface area contributed by atoms with Crippen LogP contribution in [0.4, 0.5) is 0 Å². The minimum atomic E-state index is -3.34. The minimum absolute atomic E-state index is 0.0823. The molecule has 3 nitrogen and oxygen atoms in total. The second kappa shape index (κ2) is 4.35. The minimum Gasteiger partial charge on any atom is -0.325 e. The Kier molecular flexibility index (Phi) is 3.67. The zero-order valence-corrected chi connectivity index (χ0v) is 11.2. The zero-order chi connectivity index (χ0) is 12.6. The summed E-state index contributed by atoms with van der Waals surface area (Å²) in [6.07, 6.45) is 0. The highest BCUT2D eigenvalue weighted by Gasteiger charge is 2.24. The van der Waals surface area contributed by atoms with E-state index < -0.39 is 15.4 Å². The lowest BCUT2D eigenvalue weighted by Gasteiger charge is -2.18. The van der Waals surface area contributed by atoms with E-state index in [4.69, 9.17) is 17.3 Å². The maximum absolute atomic E-state index is 12.0. The molecule has 0 fully saturated rings. The van der Waals surface area contributed by atoms with E-state index in [1.807, 2.05) is 0 Å².